The number of aryl methyl sites for hydroxylation is 1. The van der Waals surface area contributed by atoms with Gasteiger partial charge >= 0.3 is 0 Å². The Morgan fingerprint density at radius 1 is 1.14 bits per heavy atom. The SMILES string of the molecule is Cc1cn(-c2ccccc2)c(Nc2ccc(F)cc2I)n1. The van der Waals surface area contributed by atoms with Crippen molar-refractivity contribution in [2.75, 3.05) is 5.32 Å². The predicted octanol–water partition coefficient (Wildman–Crippen LogP) is 4.67. The zero-order valence-electron chi connectivity index (χ0n) is 11.3. The molecule has 3 nitrogen and oxygen atoms in total. The molecule has 5 heteroatoms. The summed E-state index contributed by atoms with van der Waals surface area (Å²) in [4.78, 5) is 4.50. The van der Waals surface area contributed by atoms with Gasteiger partial charge in [0.15, 0.2) is 0 Å². The van der Waals surface area contributed by atoms with Crippen molar-refractivity contribution < 1.29 is 4.39 Å². The summed E-state index contributed by atoms with van der Waals surface area (Å²) in [6.07, 6.45) is 1.97. The average Bonchev–Trinajstić information content (AvgIpc) is 2.84. The van der Waals surface area contributed by atoms with Crippen molar-refractivity contribution in [1.82, 2.24) is 9.55 Å². The minimum atomic E-state index is -0.243. The Kier molecular flexibility index (Phi) is 3.92. The van der Waals surface area contributed by atoms with Crippen molar-refractivity contribution in [3.8, 4) is 5.69 Å². The molecule has 1 heterocycles. The van der Waals surface area contributed by atoms with Crippen molar-refractivity contribution in [1.29, 1.82) is 0 Å². The van der Waals surface area contributed by atoms with Crippen molar-refractivity contribution >= 4 is 34.2 Å². The molecule has 0 aliphatic heterocycles. The molecule has 1 aromatic heterocycles. The molecule has 2 aromatic carbocycles. The molecule has 106 valence electrons. The van der Waals surface area contributed by atoms with E-state index in [1.54, 1.807) is 6.07 Å². The highest BCUT2D eigenvalue weighted by Crippen LogP contribution is 2.25. The van der Waals surface area contributed by atoms with Crippen molar-refractivity contribution in [3.63, 3.8) is 0 Å². The molecule has 3 aromatic rings. The number of hydrogen-bond donors (Lipinski definition) is 1. The number of benzene rings is 2. The normalized spacial score (nSPS) is 10.6. The standard InChI is InChI=1S/C16H13FIN3/c1-11-10-21(13-5-3-2-4-6-13)16(19-11)20-15-8-7-12(17)9-14(15)18/h2-10H,1H3,(H,19,20). The molecule has 0 saturated heterocycles. The summed E-state index contributed by atoms with van der Waals surface area (Å²) in [6.45, 7) is 1.94. The highest BCUT2D eigenvalue weighted by Gasteiger charge is 2.09. The van der Waals surface area contributed by atoms with E-state index in [1.165, 1.54) is 12.1 Å². The zero-order chi connectivity index (χ0) is 14.8. The van der Waals surface area contributed by atoms with Gasteiger partial charge in [-0.3, -0.25) is 4.57 Å². The number of rotatable bonds is 3. The van der Waals surface area contributed by atoms with Gasteiger partial charge in [0, 0.05) is 15.5 Å². The lowest BCUT2D eigenvalue weighted by Crippen LogP contribution is -2.02. The minimum Gasteiger partial charge on any atom is -0.324 e. The molecule has 3 rings (SSSR count). The predicted molar refractivity (Wildman–Crippen MR) is 90.7 cm³/mol. The summed E-state index contributed by atoms with van der Waals surface area (Å²) >= 11 is 2.11. The molecule has 0 bridgehead atoms. The van der Waals surface area contributed by atoms with Crippen LogP contribution in [-0.4, -0.2) is 9.55 Å². The first-order valence-electron chi connectivity index (χ1n) is 6.47. The number of halogens is 2. The molecule has 1 N–H and O–H groups in total. The largest absolute Gasteiger partial charge is 0.324 e. The minimum absolute atomic E-state index is 0.243. The zero-order valence-corrected chi connectivity index (χ0v) is 13.5. The molecule has 21 heavy (non-hydrogen) atoms. The number of nitrogens with zero attached hydrogens (tertiary/aromatic N) is 2. The van der Waals surface area contributed by atoms with E-state index in [4.69, 9.17) is 0 Å². The summed E-state index contributed by atoms with van der Waals surface area (Å²) in [5.74, 6) is 0.468. The number of hydrogen-bond acceptors (Lipinski definition) is 2. The van der Waals surface area contributed by atoms with Gasteiger partial charge in [-0.25, -0.2) is 9.37 Å². The Hall–Kier alpha value is -1.89. The summed E-state index contributed by atoms with van der Waals surface area (Å²) in [7, 11) is 0. The molecule has 0 aliphatic carbocycles. The number of nitrogens with one attached hydrogen (secondary N) is 1. The Balaban J connectivity index is 2.00. The van der Waals surface area contributed by atoms with Crippen LogP contribution in [0.4, 0.5) is 16.0 Å². The summed E-state index contributed by atoms with van der Waals surface area (Å²) in [5.41, 5.74) is 2.77. The van der Waals surface area contributed by atoms with Gasteiger partial charge in [-0.15, -0.1) is 0 Å². The number of para-hydroxylation sites is 1. The maximum absolute atomic E-state index is 13.2. The number of anilines is 2. The van der Waals surface area contributed by atoms with Gasteiger partial charge in [0.2, 0.25) is 5.95 Å². The van der Waals surface area contributed by atoms with Crippen LogP contribution in [0.2, 0.25) is 0 Å². The Bertz CT molecular complexity index is 768. The van der Waals surface area contributed by atoms with E-state index in [-0.39, 0.29) is 5.82 Å². The van der Waals surface area contributed by atoms with E-state index >= 15 is 0 Å². The fourth-order valence-electron chi connectivity index (χ4n) is 2.08. The average molecular weight is 393 g/mol. The van der Waals surface area contributed by atoms with Gasteiger partial charge in [-0.2, -0.15) is 0 Å². The van der Waals surface area contributed by atoms with Crippen LogP contribution in [0.1, 0.15) is 5.69 Å². The van der Waals surface area contributed by atoms with Crippen LogP contribution in [0.5, 0.6) is 0 Å². The molecule has 0 amide bonds. The maximum Gasteiger partial charge on any atom is 0.212 e. The highest BCUT2D eigenvalue weighted by molar-refractivity contribution is 14.1. The number of aromatic nitrogens is 2. The topological polar surface area (TPSA) is 29.9 Å². The first-order valence-corrected chi connectivity index (χ1v) is 7.55. The molecule has 0 radical (unpaired) electrons. The molecule has 0 atom stereocenters. The molecule has 0 fully saturated rings. The van der Waals surface area contributed by atoms with E-state index < -0.39 is 0 Å². The first-order chi connectivity index (χ1) is 10.1. The lowest BCUT2D eigenvalue weighted by molar-refractivity contribution is 0.627. The monoisotopic (exact) mass is 393 g/mol. The van der Waals surface area contributed by atoms with Gasteiger partial charge in [-0.05, 0) is 59.8 Å². The molecule has 0 aliphatic rings. The first kappa shape index (κ1) is 14.1. The molecule has 0 unspecified atom stereocenters. The molecular weight excluding hydrogens is 380 g/mol. The van der Waals surface area contributed by atoms with Gasteiger partial charge in [0.1, 0.15) is 5.82 Å². The second-order valence-corrected chi connectivity index (χ2v) is 5.82. The lowest BCUT2D eigenvalue weighted by atomic mass is 10.3. The van der Waals surface area contributed by atoms with Crippen LogP contribution in [0.3, 0.4) is 0 Å². The summed E-state index contributed by atoms with van der Waals surface area (Å²) in [6, 6.07) is 14.6. The van der Waals surface area contributed by atoms with E-state index in [0.29, 0.717) is 5.95 Å². The molecule has 0 saturated carbocycles. The van der Waals surface area contributed by atoms with Crippen molar-refractivity contribution in [3.05, 3.63) is 69.8 Å². The fourth-order valence-corrected chi connectivity index (χ4v) is 2.69. The maximum atomic E-state index is 13.2. The van der Waals surface area contributed by atoms with E-state index in [9.17, 15) is 4.39 Å². The van der Waals surface area contributed by atoms with Gasteiger partial charge < -0.3 is 5.32 Å². The van der Waals surface area contributed by atoms with Crippen molar-refractivity contribution in [2.24, 2.45) is 0 Å². The van der Waals surface area contributed by atoms with Gasteiger partial charge in [0.25, 0.3) is 0 Å². The van der Waals surface area contributed by atoms with E-state index in [1.807, 2.05) is 48.0 Å². The van der Waals surface area contributed by atoms with Crippen LogP contribution < -0.4 is 5.32 Å². The number of imidazole rings is 1. The summed E-state index contributed by atoms with van der Waals surface area (Å²) < 4.78 is 16.0. The second-order valence-electron chi connectivity index (χ2n) is 4.66. The van der Waals surface area contributed by atoms with Crippen molar-refractivity contribution in [2.45, 2.75) is 6.92 Å². The third-order valence-corrected chi connectivity index (χ3v) is 3.93. The third-order valence-electron chi connectivity index (χ3n) is 3.04. The Morgan fingerprint density at radius 3 is 2.62 bits per heavy atom. The Labute approximate surface area is 136 Å². The smallest absolute Gasteiger partial charge is 0.212 e. The van der Waals surface area contributed by atoms with E-state index in [2.05, 4.69) is 32.9 Å². The van der Waals surface area contributed by atoms with Crippen LogP contribution in [-0.2, 0) is 0 Å². The fraction of sp³-hybridized carbons (Fsp3) is 0.0625. The second kappa shape index (κ2) is 5.85. The summed E-state index contributed by atoms with van der Waals surface area (Å²) in [5, 5.41) is 3.27. The third kappa shape index (κ3) is 3.07. The molecule has 0 spiro atoms. The highest BCUT2D eigenvalue weighted by atomic mass is 127. The van der Waals surface area contributed by atoms with E-state index in [0.717, 1.165) is 20.6 Å². The van der Waals surface area contributed by atoms with Crippen LogP contribution in [0.25, 0.3) is 5.69 Å². The van der Waals surface area contributed by atoms with Gasteiger partial charge in [-0.1, -0.05) is 18.2 Å². The molecular formula is C16H13FIN3. The van der Waals surface area contributed by atoms with Gasteiger partial charge in [0.05, 0.1) is 11.4 Å². The quantitative estimate of drug-likeness (QED) is 0.656. The Morgan fingerprint density at radius 2 is 1.90 bits per heavy atom. The van der Waals surface area contributed by atoms with Crippen LogP contribution >= 0.6 is 22.6 Å². The lowest BCUT2D eigenvalue weighted by Gasteiger charge is -2.11. The van der Waals surface area contributed by atoms with Crippen LogP contribution in [0, 0.1) is 16.3 Å². The van der Waals surface area contributed by atoms with Crippen LogP contribution in [0.15, 0.2) is 54.7 Å².